The van der Waals surface area contributed by atoms with E-state index in [-0.39, 0.29) is 37.5 Å². The zero-order chi connectivity index (χ0) is 55.7. The Labute approximate surface area is 479 Å². The molecule has 0 heterocycles. The second kappa shape index (κ2) is 65.6. The predicted octanol–water partition coefficient (Wildman–Crippen LogP) is 23.1. The Kier molecular flexibility index (Phi) is 63.2. The summed E-state index contributed by atoms with van der Waals surface area (Å²) in [4.78, 5) is 38.4. The molecule has 0 rings (SSSR count). The van der Waals surface area contributed by atoms with Crippen molar-refractivity contribution in [3.8, 4) is 0 Å². The van der Waals surface area contributed by atoms with Crippen molar-refractivity contribution in [2.75, 3.05) is 13.2 Å². The quantitative estimate of drug-likeness (QED) is 0.0261. The average molecular weight is 1080 g/mol. The molecule has 0 aliphatic rings. The zero-order valence-corrected chi connectivity index (χ0v) is 51.5. The van der Waals surface area contributed by atoms with Gasteiger partial charge in [0.05, 0.1) is 0 Å². The van der Waals surface area contributed by atoms with Crippen molar-refractivity contribution in [1.29, 1.82) is 0 Å². The lowest BCUT2D eigenvalue weighted by Gasteiger charge is -2.18. The standard InChI is InChI=1S/C71H128O6/c1-4-7-10-13-16-19-22-25-28-31-33-34-35-36-38-40-43-46-49-52-55-58-61-64-70(73)76-67-68(66-75-69(72)63-60-57-54-51-48-45-42-39-30-27-24-21-18-15-12-9-6-3)77-71(74)65-62-59-56-53-50-47-44-41-37-32-29-26-23-20-17-14-11-8-5-2/h9,12,18,21,27,30,42,45,51,54,68H,4-8,10-11,13-17,19-20,22-26,28-29,31-41,43-44,46-50,52-53,55-67H2,1-3H3/b12-9-,21-18-,30-27-,45-42-,54-51-. The van der Waals surface area contributed by atoms with Gasteiger partial charge in [-0.05, 0) is 57.8 Å². The van der Waals surface area contributed by atoms with Crippen molar-refractivity contribution >= 4 is 17.9 Å². The lowest BCUT2D eigenvalue weighted by Crippen LogP contribution is -2.30. The van der Waals surface area contributed by atoms with E-state index in [0.29, 0.717) is 19.3 Å². The normalized spacial score (nSPS) is 12.4. The fourth-order valence-corrected chi connectivity index (χ4v) is 10.0. The van der Waals surface area contributed by atoms with Crippen LogP contribution in [0, 0.1) is 0 Å². The predicted molar refractivity (Wildman–Crippen MR) is 335 cm³/mol. The number of carbonyl (C=O) groups excluding carboxylic acids is 3. The zero-order valence-electron chi connectivity index (χ0n) is 51.5. The molecule has 0 fully saturated rings. The number of hydrogen-bond acceptors (Lipinski definition) is 6. The third-order valence-corrected chi connectivity index (χ3v) is 15.0. The van der Waals surface area contributed by atoms with Crippen LogP contribution in [0.1, 0.15) is 355 Å². The molecule has 448 valence electrons. The highest BCUT2D eigenvalue weighted by Crippen LogP contribution is 2.18. The summed E-state index contributed by atoms with van der Waals surface area (Å²) in [5.41, 5.74) is 0. The van der Waals surface area contributed by atoms with Crippen molar-refractivity contribution in [3.63, 3.8) is 0 Å². The molecule has 0 spiro atoms. The van der Waals surface area contributed by atoms with Gasteiger partial charge in [-0.2, -0.15) is 0 Å². The molecule has 0 aliphatic carbocycles. The van der Waals surface area contributed by atoms with Gasteiger partial charge in [0.15, 0.2) is 6.10 Å². The van der Waals surface area contributed by atoms with E-state index in [9.17, 15) is 14.4 Å². The minimum absolute atomic E-state index is 0.0869. The summed E-state index contributed by atoms with van der Waals surface area (Å²) in [5.74, 6) is -0.924. The van der Waals surface area contributed by atoms with Gasteiger partial charge in [-0.1, -0.05) is 338 Å². The number of allylic oxidation sites excluding steroid dienone is 10. The SMILES string of the molecule is CC/C=C\C/C=C\C/C=C\C/C=C\C/C=C\CCCC(=O)OCC(COC(=O)CCCCCCCCCCCCCCCCCCCCCCCCC)OC(=O)CCCCCCCCCCCCCCCCCCCCC. The first-order chi connectivity index (χ1) is 38.0. The summed E-state index contributed by atoms with van der Waals surface area (Å²) in [5, 5.41) is 0. The van der Waals surface area contributed by atoms with E-state index in [1.165, 1.54) is 231 Å². The minimum Gasteiger partial charge on any atom is -0.462 e. The van der Waals surface area contributed by atoms with Crippen LogP contribution in [0.3, 0.4) is 0 Å². The van der Waals surface area contributed by atoms with Crippen LogP contribution in [-0.2, 0) is 28.6 Å². The van der Waals surface area contributed by atoms with E-state index >= 15 is 0 Å². The Hall–Kier alpha value is -2.89. The monoisotopic (exact) mass is 1080 g/mol. The summed E-state index contributed by atoms with van der Waals surface area (Å²) >= 11 is 0. The van der Waals surface area contributed by atoms with Gasteiger partial charge in [0.2, 0.25) is 0 Å². The molecule has 1 unspecified atom stereocenters. The Morgan fingerprint density at radius 2 is 0.506 bits per heavy atom. The summed E-state index contributed by atoms with van der Waals surface area (Å²) in [6, 6.07) is 0. The number of ether oxygens (including phenoxy) is 3. The molecule has 6 heteroatoms. The van der Waals surface area contributed by atoms with Crippen LogP contribution in [0.25, 0.3) is 0 Å². The van der Waals surface area contributed by atoms with Gasteiger partial charge >= 0.3 is 17.9 Å². The van der Waals surface area contributed by atoms with Crippen molar-refractivity contribution in [1.82, 2.24) is 0 Å². The molecular formula is C71H128O6. The highest BCUT2D eigenvalue weighted by Gasteiger charge is 2.19. The van der Waals surface area contributed by atoms with Crippen LogP contribution < -0.4 is 0 Å². The Balaban J connectivity index is 4.35. The van der Waals surface area contributed by atoms with E-state index in [1.54, 1.807) is 0 Å². The summed E-state index contributed by atoms with van der Waals surface area (Å²) < 4.78 is 16.9. The molecule has 0 aromatic heterocycles. The molecule has 0 aromatic carbocycles. The molecule has 6 nitrogen and oxygen atoms in total. The molecule has 0 aliphatic heterocycles. The first-order valence-electron chi connectivity index (χ1n) is 33.8. The van der Waals surface area contributed by atoms with E-state index in [1.807, 2.05) is 0 Å². The molecule has 0 radical (unpaired) electrons. The molecule has 77 heavy (non-hydrogen) atoms. The molecule has 0 saturated carbocycles. The Bertz CT molecular complexity index is 1380. The first kappa shape index (κ1) is 74.1. The average Bonchev–Trinajstić information content (AvgIpc) is 3.43. The third kappa shape index (κ3) is 63.8. The van der Waals surface area contributed by atoms with Gasteiger partial charge in [0, 0.05) is 19.3 Å². The lowest BCUT2D eigenvalue weighted by atomic mass is 10.0. The minimum atomic E-state index is -0.795. The largest absolute Gasteiger partial charge is 0.462 e. The summed E-state index contributed by atoms with van der Waals surface area (Å²) in [6.45, 7) is 6.55. The van der Waals surface area contributed by atoms with E-state index in [0.717, 1.165) is 77.0 Å². The lowest BCUT2D eigenvalue weighted by molar-refractivity contribution is -0.167. The van der Waals surface area contributed by atoms with Gasteiger partial charge in [-0.3, -0.25) is 14.4 Å². The van der Waals surface area contributed by atoms with Crippen molar-refractivity contribution < 1.29 is 28.6 Å². The number of esters is 3. The molecule has 0 bridgehead atoms. The van der Waals surface area contributed by atoms with Crippen LogP contribution in [0.4, 0.5) is 0 Å². The molecule has 0 amide bonds. The van der Waals surface area contributed by atoms with Crippen LogP contribution in [0.15, 0.2) is 60.8 Å². The Morgan fingerprint density at radius 3 is 0.792 bits per heavy atom. The number of hydrogen-bond donors (Lipinski definition) is 0. The molecule has 0 aromatic rings. The van der Waals surface area contributed by atoms with Crippen LogP contribution in [0.5, 0.6) is 0 Å². The highest BCUT2D eigenvalue weighted by molar-refractivity contribution is 5.71. The smallest absolute Gasteiger partial charge is 0.306 e. The van der Waals surface area contributed by atoms with Crippen molar-refractivity contribution in [3.05, 3.63) is 60.8 Å². The fraction of sp³-hybridized carbons (Fsp3) is 0.817. The first-order valence-corrected chi connectivity index (χ1v) is 33.8. The van der Waals surface area contributed by atoms with Crippen molar-refractivity contribution in [2.24, 2.45) is 0 Å². The van der Waals surface area contributed by atoms with Crippen LogP contribution in [-0.4, -0.2) is 37.2 Å². The van der Waals surface area contributed by atoms with Gasteiger partial charge in [-0.15, -0.1) is 0 Å². The number of rotatable bonds is 62. The van der Waals surface area contributed by atoms with Gasteiger partial charge in [0.25, 0.3) is 0 Å². The number of unbranched alkanes of at least 4 members (excludes halogenated alkanes) is 41. The van der Waals surface area contributed by atoms with E-state index in [2.05, 4.69) is 81.5 Å². The van der Waals surface area contributed by atoms with Crippen LogP contribution in [0.2, 0.25) is 0 Å². The number of carbonyl (C=O) groups is 3. The maximum absolute atomic E-state index is 12.9. The third-order valence-electron chi connectivity index (χ3n) is 15.0. The Morgan fingerprint density at radius 1 is 0.273 bits per heavy atom. The van der Waals surface area contributed by atoms with E-state index in [4.69, 9.17) is 14.2 Å². The fourth-order valence-electron chi connectivity index (χ4n) is 10.0. The molecule has 1 atom stereocenters. The van der Waals surface area contributed by atoms with Crippen LogP contribution >= 0.6 is 0 Å². The maximum Gasteiger partial charge on any atom is 0.306 e. The topological polar surface area (TPSA) is 78.9 Å². The van der Waals surface area contributed by atoms with E-state index < -0.39 is 6.10 Å². The van der Waals surface area contributed by atoms with Gasteiger partial charge < -0.3 is 14.2 Å². The summed E-state index contributed by atoms with van der Waals surface area (Å²) in [6.07, 6.45) is 83.9. The summed E-state index contributed by atoms with van der Waals surface area (Å²) in [7, 11) is 0. The van der Waals surface area contributed by atoms with Gasteiger partial charge in [-0.25, -0.2) is 0 Å². The van der Waals surface area contributed by atoms with Crippen molar-refractivity contribution in [2.45, 2.75) is 361 Å². The second-order valence-corrected chi connectivity index (χ2v) is 22.7. The van der Waals surface area contributed by atoms with Gasteiger partial charge in [0.1, 0.15) is 13.2 Å². The molecule has 0 N–H and O–H groups in total. The maximum atomic E-state index is 12.9. The molecule has 0 saturated heterocycles. The second-order valence-electron chi connectivity index (χ2n) is 22.7. The highest BCUT2D eigenvalue weighted by atomic mass is 16.6. The molecular weight excluding hydrogens is 949 g/mol.